The SMILES string of the molecule is CCC(=O)NCC1Cn2c(-c3ccc(F)cc3)cnc2CO1. The molecule has 1 atom stereocenters. The highest BCUT2D eigenvalue weighted by atomic mass is 19.1. The predicted octanol–water partition coefficient (Wildman–Crippen LogP) is 2.11. The third-order valence-corrected chi connectivity index (χ3v) is 3.76. The second kappa shape index (κ2) is 6.27. The molecule has 0 bridgehead atoms. The first-order chi connectivity index (χ1) is 10.7. The van der Waals surface area contributed by atoms with Crippen LogP contribution in [0.15, 0.2) is 30.5 Å². The van der Waals surface area contributed by atoms with E-state index in [9.17, 15) is 9.18 Å². The van der Waals surface area contributed by atoms with Gasteiger partial charge < -0.3 is 14.6 Å². The largest absolute Gasteiger partial charge is 0.367 e. The van der Waals surface area contributed by atoms with Gasteiger partial charge in [-0.3, -0.25) is 4.79 Å². The van der Waals surface area contributed by atoms with E-state index < -0.39 is 0 Å². The van der Waals surface area contributed by atoms with E-state index in [4.69, 9.17) is 4.74 Å². The van der Waals surface area contributed by atoms with Crippen molar-refractivity contribution < 1.29 is 13.9 Å². The molecule has 2 heterocycles. The lowest BCUT2D eigenvalue weighted by molar-refractivity contribution is -0.121. The molecule has 5 nitrogen and oxygen atoms in total. The van der Waals surface area contributed by atoms with Crippen LogP contribution in [0.4, 0.5) is 4.39 Å². The summed E-state index contributed by atoms with van der Waals surface area (Å²) < 4.78 is 20.8. The number of hydrogen-bond acceptors (Lipinski definition) is 3. The van der Waals surface area contributed by atoms with Crippen LogP contribution in [0.2, 0.25) is 0 Å². The van der Waals surface area contributed by atoms with Crippen LogP contribution in [0.3, 0.4) is 0 Å². The number of ether oxygens (including phenoxy) is 1. The monoisotopic (exact) mass is 303 g/mol. The fourth-order valence-electron chi connectivity index (χ4n) is 2.51. The molecule has 6 heteroatoms. The topological polar surface area (TPSA) is 56.2 Å². The normalized spacial score (nSPS) is 17.1. The van der Waals surface area contributed by atoms with Crippen molar-refractivity contribution in [3.63, 3.8) is 0 Å². The first-order valence-corrected chi connectivity index (χ1v) is 7.36. The Balaban J connectivity index is 1.77. The van der Waals surface area contributed by atoms with E-state index in [2.05, 4.69) is 14.9 Å². The number of amides is 1. The van der Waals surface area contributed by atoms with Crippen LogP contribution in [0.5, 0.6) is 0 Å². The maximum Gasteiger partial charge on any atom is 0.219 e. The maximum absolute atomic E-state index is 13.1. The summed E-state index contributed by atoms with van der Waals surface area (Å²) in [6, 6.07) is 6.35. The van der Waals surface area contributed by atoms with E-state index in [-0.39, 0.29) is 17.8 Å². The number of halogens is 1. The van der Waals surface area contributed by atoms with Crippen molar-refractivity contribution in [2.24, 2.45) is 0 Å². The van der Waals surface area contributed by atoms with Crippen molar-refractivity contribution in [1.82, 2.24) is 14.9 Å². The van der Waals surface area contributed by atoms with Gasteiger partial charge in [0.1, 0.15) is 18.2 Å². The number of nitrogens with zero attached hydrogens (tertiary/aromatic N) is 2. The van der Waals surface area contributed by atoms with E-state index in [1.165, 1.54) is 12.1 Å². The van der Waals surface area contributed by atoms with Gasteiger partial charge in [0, 0.05) is 13.0 Å². The standard InChI is InChI=1S/C16H18FN3O2/c1-2-16(21)19-7-13-9-20-14(8-18-15(20)10-22-13)11-3-5-12(17)6-4-11/h3-6,8,13H,2,7,9-10H2,1H3,(H,19,21). The van der Waals surface area contributed by atoms with Crippen LogP contribution in [0.25, 0.3) is 11.3 Å². The molecule has 3 rings (SSSR count). The van der Waals surface area contributed by atoms with Crippen molar-refractivity contribution in [3.8, 4) is 11.3 Å². The van der Waals surface area contributed by atoms with Gasteiger partial charge in [0.15, 0.2) is 0 Å². The molecule has 1 amide bonds. The lowest BCUT2D eigenvalue weighted by atomic mass is 10.1. The van der Waals surface area contributed by atoms with Gasteiger partial charge in [-0.2, -0.15) is 0 Å². The Bertz CT molecular complexity index is 667. The Hall–Kier alpha value is -2.21. The van der Waals surface area contributed by atoms with Gasteiger partial charge in [-0.25, -0.2) is 9.37 Å². The molecule has 0 saturated heterocycles. The molecule has 1 unspecified atom stereocenters. The molecule has 0 aliphatic carbocycles. The second-order valence-corrected chi connectivity index (χ2v) is 5.27. The van der Waals surface area contributed by atoms with Crippen molar-refractivity contribution in [2.75, 3.05) is 6.54 Å². The molecule has 1 N–H and O–H groups in total. The Morgan fingerprint density at radius 2 is 2.23 bits per heavy atom. The van der Waals surface area contributed by atoms with Crippen LogP contribution >= 0.6 is 0 Å². The molecular formula is C16H18FN3O2. The van der Waals surface area contributed by atoms with Crippen molar-refractivity contribution in [3.05, 3.63) is 42.1 Å². The molecule has 2 aromatic rings. The first-order valence-electron chi connectivity index (χ1n) is 7.36. The number of aromatic nitrogens is 2. The lowest BCUT2D eigenvalue weighted by Crippen LogP contribution is -2.38. The van der Waals surface area contributed by atoms with E-state index in [1.54, 1.807) is 18.3 Å². The summed E-state index contributed by atoms with van der Waals surface area (Å²) in [6.07, 6.45) is 2.15. The van der Waals surface area contributed by atoms with Gasteiger partial charge in [0.25, 0.3) is 0 Å². The number of carbonyl (C=O) groups excluding carboxylic acids is 1. The highest BCUT2D eigenvalue weighted by molar-refractivity contribution is 5.75. The molecular weight excluding hydrogens is 285 g/mol. The molecule has 1 aromatic heterocycles. The van der Waals surface area contributed by atoms with E-state index >= 15 is 0 Å². The van der Waals surface area contributed by atoms with Crippen LogP contribution in [0.1, 0.15) is 19.2 Å². The number of hydrogen-bond donors (Lipinski definition) is 1. The Morgan fingerprint density at radius 3 is 2.95 bits per heavy atom. The smallest absolute Gasteiger partial charge is 0.219 e. The number of benzene rings is 1. The molecule has 1 aromatic carbocycles. The highest BCUT2D eigenvalue weighted by Gasteiger charge is 2.23. The minimum atomic E-state index is -0.259. The van der Waals surface area contributed by atoms with Gasteiger partial charge in [-0.15, -0.1) is 0 Å². The summed E-state index contributed by atoms with van der Waals surface area (Å²) >= 11 is 0. The summed E-state index contributed by atoms with van der Waals surface area (Å²) in [5.74, 6) is 0.599. The Labute approximate surface area is 128 Å². The Morgan fingerprint density at radius 1 is 1.45 bits per heavy atom. The average molecular weight is 303 g/mol. The van der Waals surface area contributed by atoms with Crippen LogP contribution in [-0.2, 0) is 22.7 Å². The molecule has 116 valence electrons. The van der Waals surface area contributed by atoms with Crippen molar-refractivity contribution in [2.45, 2.75) is 32.6 Å². The summed E-state index contributed by atoms with van der Waals surface area (Å²) in [7, 11) is 0. The minimum Gasteiger partial charge on any atom is -0.367 e. The van der Waals surface area contributed by atoms with Crippen LogP contribution in [-0.4, -0.2) is 28.1 Å². The number of fused-ring (bicyclic) bond motifs is 1. The number of imidazole rings is 1. The van der Waals surface area contributed by atoms with Crippen molar-refractivity contribution in [1.29, 1.82) is 0 Å². The zero-order valence-corrected chi connectivity index (χ0v) is 12.4. The third-order valence-electron chi connectivity index (χ3n) is 3.76. The van der Waals surface area contributed by atoms with Gasteiger partial charge >= 0.3 is 0 Å². The molecule has 0 radical (unpaired) electrons. The fourth-order valence-corrected chi connectivity index (χ4v) is 2.51. The minimum absolute atomic E-state index is 0.0128. The second-order valence-electron chi connectivity index (χ2n) is 5.27. The molecule has 22 heavy (non-hydrogen) atoms. The van der Waals surface area contributed by atoms with E-state index in [0.29, 0.717) is 26.1 Å². The molecule has 0 fully saturated rings. The summed E-state index contributed by atoms with van der Waals surface area (Å²) in [5.41, 5.74) is 1.85. The number of nitrogens with one attached hydrogen (secondary N) is 1. The van der Waals surface area contributed by atoms with Gasteiger partial charge in [0.2, 0.25) is 5.91 Å². The van der Waals surface area contributed by atoms with E-state index in [0.717, 1.165) is 17.1 Å². The predicted molar refractivity (Wildman–Crippen MR) is 79.5 cm³/mol. The summed E-state index contributed by atoms with van der Waals surface area (Å²) in [5, 5.41) is 2.84. The molecule has 1 aliphatic heterocycles. The zero-order valence-electron chi connectivity index (χ0n) is 12.4. The van der Waals surface area contributed by atoms with Crippen LogP contribution < -0.4 is 5.32 Å². The maximum atomic E-state index is 13.1. The highest BCUT2D eigenvalue weighted by Crippen LogP contribution is 2.24. The van der Waals surface area contributed by atoms with Crippen LogP contribution in [0, 0.1) is 5.82 Å². The molecule has 1 aliphatic rings. The van der Waals surface area contributed by atoms with Gasteiger partial charge in [-0.05, 0) is 29.8 Å². The molecule has 0 spiro atoms. The third kappa shape index (κ3) is 3.01. The fraction of sp³-hybridized carbons (Fsp3) is 0.375. The summed E-state index contributed by atoms with van der Waals surface area (Å²) in [6.45, 7) is 3.32. The van der Waals surface area contributed by atoms with Gasteiger partial charge in [-0.1, -0.05) is 6.92 Å². The zero-order chi connectivity index (χ0) is 15.5. The Kier molecular flexibility index (Phi) is 4.20. The van der Waals surface area contributed by atoms with Crippen molar-refractivity contribution >= 4 is 5.91 Å². The lowest BCUT2D eigenvalue weighted by Gasteiger charge is -2.26. The molecule has 0 saturated carbocycles. The van der Waals surface area contributed by atoms with E-state index in [1.807, 2.05) is 6.92 Å². The first kappa shape index (κ1) is 14.7. The number of rotatable bonds is 4. The summed E-state index contributed by atoms with van der Waals surface area (Å²) in [4.78, 5) is 15.7. The number of carbonyl (C=O) groups is 1. The van der Waals surface area contributed by atoms with Gasteiger partial charge in [0.05, 0.1) is 24.5 Å². The average Bonchev–Trinajstić information content (AvgIpc) is 2.96. The quantitative estimate of drug-likeness (QED) is 0.941.